The number of fused-ring (bicyclic) bond motifs is 1. The van der Waals surface area contributed by atoms with E-state index in [0.29, 0.717) is 17.2 Å². The molecule has 0 aliphatic carbocycles. The standard InChI is InChI=1S/C21H27NO5/c1-22-8-7-14-11-19(25-2)17(23)12-15(14)16(22)6-5-13-9-18(24)21(27-4)20(10-13)26-3/h9-12,16,23-24H,5-8H2,1-4H3/i2T,6+2,8+2. The summed E-state index contributed by atoms with van der Waals surface area (Å²) in [6.45, 7) is 0.903. The number of phenolic OH excluding ortho intramolecular Hbond substituents is 2. The van der Waals surface area contributed by atoms with Crippen LogP contribution in [0.1, 0.15) is 30.5 Å². The second kappa shape index (κ2) is 7.96. The third-order valence-corrected chi connectivity index (χ3v) is 5.23. The van der Waals surface area contributed by atoms with Crippen molar-refractivity contribution >= 4 is 0 Å². The number of hydrogen-bond acceptors (Lipinski definition) is 6. The quantitative estimate of drug-likeness (QED) is 0.803. The van der Waals surface area contributed by atoms with Gasteiger partial charge in [-0.3, -0.25) is 4.90 Å². The van der Waals surface area contributed by atoms with Gasteiger partial charge in [-0.05, 0) is 67.3 Å². The van der Waals surface area contributed by atoms with Crippen molar-refractivity contribution < 1.29 is 25.8 Å². The largest absolute Gasteiger partial charge is 0.504 e. The number of hydrogen-bond donors (Lipinski definition) is 2. The van der Waals surface area contributed by atoms with Gasteiger partial charge in [0.1, 0.15) is 0 Å². The maximum absolute atomic E-state index is 10.3. The Bertz CT molecular complexity index is 842. The van der Waals surface area contributed by atoms with Crippen LogP contribution in [-0.2, 0) is 12.8 Å². The summed E-state index contributed by atoms with van der Waals surface area (Å²) >= 11 is 0. The van der Waals surface area contributed by atoms with Gasteiger partial charge in [-0.1, -0.05) is 0 Å². The maximum Gasteiger partial charge on any atom is 0.203 e. The number of phenols is 2. The van der Waals surface area contributed by atoms with Crippen LogP contribution in [0.2, 0.25) is 0 Å². The smallest absolute Gasteiger partial charge is 0.203 e. The maximum atomic E-state index is 10.3. The van der Waals surface area contributed by atoms with Crippen molar-refractivity contribution in [3.8, 4) is 28.7 Å². The van der Waals surface area contributed by atoms with E-state index in [9.17, 15) is 10.2 Å². The van der Waals surface area contributed by atoms with E-state index in [1.807, 2.05) is 12.1 Å². The van der Waals surface area contributed by atoms with Crippen LogP contribution in [0.3, 0.4) is 0 Å². The number of likely N-dealkylation sites (N-methyl/N-ethyl adjacent to an activating group) is 1. The lowest BCUT2D eigenvalue weighted by atomic mass is 10.0. The van der Waals surface area contributed by atoms with Crippen molar-refractivity contribution in [2.24, 2.45) is 0 Å². The Kier molecular flexibility index (Phi) is 5.25. The average Bonchev–Trinajstić information content (AvgIpc) is 2.68. The molecule has 2 aromatic carbocycles. The van der Waals surface area contributed by atoms with Crippen LogP contribution in [0.4, 0.5) is 0 Å². The molecule has 0 aromatic heterocycles. The van der Waals surface area contributed by atoms with Crippen LogP contribution in [0, 0.1) is 0 Å². The van der Waals surface area contributed by atoms with Gasteiger partial charge >= 0.3 is 0 Å². The molecule has 27 heavy (non-hydrogen) atoms. The first-order valence-corrected chi connectivity index (χ1v) is 8.90. The number of methoxy groups -OCH3 is 3. The highest BCUT2D eigenvalue weighted by Gasteiger charge is 2.26. The second-order valence-corrected chi connectivity index (χ2v) is 6.80. The summed E-state index contributed by atoms with van der Waals surface area (Å²) in [6, 6.07) is 7.32. The molecular weight excluding hydrogens is 350 g/mol. The van der Waals surface area contributed by atoms with Crippen molar-refractivity contribution in [3.63, 3.8) is 0 Å². The van der Waals surface area contributed by atoms with Gasteiger partial charge in [-0.15, -0.1) is 0 Å². The van der Waals surface area contributed by atoms with Gasteiger partial charge in [0.05, 0.1) is 22.7 Å². The van der Waals surface area contributed by atoms with E-state index in [0.717, 1.165) is 42.5 Å². The predicted molar refractivity (Wildman–Crippen MR) is 103 cm³/mol. The third-order valence-electron chi connectivity index (χ3n) is 5.23. The Morgan fingerprint density at radius 1 is 1.15 bits per heavy atom. The molecule has 0 bridgehead atoms. The molecule has 0 spiro atoms. The minimum absolute atomic E-state index is 0.0593. The van der Waals surface area contributed by atoms with Gasteiger partial charge in [0, 0.05) is 12.6 Å². The van der Waals surface area contributed by atoms with Gasteiger partial charge in [-0.2, -0.15) is 0 Å². The lowest BCUT2D eigenvalue weighted by Gasteiger charge is -2.35. The zero-order chi connectivity index (χ0) is 20.3. The summed E-state index contributed by atoms with van der Waals surface area (Å²) in [5.41, 5.74) is 3.17. The van der Waals surface area contributed by atoms with Gasteiger partial charge in [0.25, 0.3) is 0 Å². The third kappa shape index (κ3) is 3.76. The van der Waals surface area contributed by atoms with E-state index in [1.165, 1.54) is 7.11 Å². The molecule has 0 fully saturated rings. The molecule has 2 aromatic rings. The highest BCUT2D eigenvalue weighted by molar-refractivity contribution is 5.53. The fourth-order valence-electron chi connectivity index (χ4n) is 3.78. The summed E-state index contributed by atoms with van der Waals surface area (Å²) in [7, 11) is 4.89. The summed E-state index contributed by atoms with van der Waals surface area (Å²) in [4.78, 5) is 2.27. The van der Waals surface area contributed by atoms with E-state index >= 15 is 0 Å². The normalized spacial score (nSPS) is 17.1. The van der Waals surface area contributed by atoms with Crippen LogP contribution >= 0.6 is 0 Å². The molecule has 1 aliphatic heterocycles. The highest BCUT2D eigenvalue weighted by Crippen LogP contribution is 2.41. The number of aryl methyl sites for hydroxylation is 1. The van der Waals surface area contributed by atoms with E-state index in [2.05, 4.69) is 11.9 Å². The minimum atomic E-state index is -0.224. The topological polar surface area (TPSA) is 71.4 Å². The van der Waals surface area contributed by atoms with Crippen molar-refractivity contribution in [2.75, 3.05) is 34.9 Å². The van der Waals surface area contributed by atoms with E-state index < -0.39 is 0 Å². The molecule has 6 nitrogen and oxygen atoms in total. The lowest BCUT2D eigenvalue weighted by molar-refractivity contribution is 0.218. The second-order valence-electron chi connectivity index (χ2n) is 6.80. The predicted octanol–water partition coefficient (Wildman–Crippen LogP) is 3.29. The van der Waals surface area contributed by atoms with Crippen LogP contribution in [0.25, 0.3) is 0 Å². The number of nitrogens with zero attached hydrogens (tertiary/aromatic N) is 1. The summed E-state index contributed by atoms with van der Waals surface area (Å²) < 4.78 is 22.9. The first-order chi connectivity index (χ1) is 13.5. The fraction of sp³-hybridized carbons (Fsp3) is 0.429. The molecule has 1 atom stereocenters. The molecule has 6 heteroatoms. The van der Waals surface area contributed by atoms with Crippen molar-refractivity contribution in [2.45, 2.75) is 25.3 Å². The fourth-order valence-corrected chi connectivity index (χ4v) is 3.78. The highest BCUT2D eigenvalue weighted by atomic mass is 16.5. The number of rotatable bonds is 6. The molecule has 0 saturated heterocycles. The molecular formula is C21H27NO5. The monoisotopic (exact) mass is 379 g/mol. The van der Waals surface area contributed by atoms with E-state index in [-0.39, 0.29) is 24.6 Å². The van der Waals surface area contributed by atoms with E-state index in [4.69, 9.17) is 15.6 Å². The van der Waals surface area contributed by atoms with Crippen LogP contribution in [0.15, 0.2) is 24.3 Å². The Morgan fingerprint density at radius 2 is 1.96 bits per heavy atom. The SMILES string of the molecule is [3H]COc1cc2c(cc1O)C([14CH2]Cc1cc(O)c(OC)c(OC)c1)N(C)[14CH2]C2. The summed E-state index contributed by atoms with van der Waals surface area (Å²) in [5, 5.41) is 20.4. The zero-order valence-corrected chi connectivity index (χ0v) is 16.0. The average molecular weight is 379 g/mol. The Morgan fingerprint density at radius 3 is 2.67 bits per heavy atom. The first kappa shape index (κ1) is 17.8. The number of ether oxygens (including phenoxy) is 3. The van der Waals surface area contributed by atoms with Crippen LogP contribution in [-0.4, -0.2) is 50.0 Å². The van der Waals surface area contributed by atoms with Gasteiger partial charge < -0.3 is 24.4 Å². The van der Waals surface area contributed by atoms with Gasteiger partial charge in [0.2, 0.25) is 5.75 Å². The molecule has 1 unspecified atom stereocenters. The molecule has 0 saturated carbocycles. The molecule has 146 valence electrons. The molecule has 1 heterocycles. The van der Waals surface area contributed by atoms with Gasteiger partial charge in [-0.25, -0.2) is 0 Å². The van der Waals surface area contributed by atoms with Crippen LogP contribution < -0.4 is 14.2 Å². The van der Waals surface area contributed by atoms with Crippen molar-refractivity contribution in [1.29, 1.82) is 0 Å². The molecule has 0 radical (unpaired) electrons. The summed E-state index contributed by atoms with van der Waals surface area (Å²) in [6.07, 6.45) is 2.42. The van der Waals surface area contributed by atoms with Crippen molar-refractivity contribution in [3.05, 3.63) is 41.0 Å². The van der Waals surface area contributed by atoms with Crippen LogP contribution in [0.5, 0.6) is 28.7 Å². The Labute approximate surface area is 161 Å². The molecule has 1 aliphatic rings. The minimum Gasteiger partial charge on any atom is -0.504 e. The van der Waals surface area contributed by atoms with Crippen molar-refractivity contribution in [1.82, 2.24) is 4.90 Å². The summed E-state index contributed by atoms with van der Waals surface area (Å²) in [5.74, 6) is 1.32. The molecule has 2 N–H and O–H groups in total. The van der Waals surface area contributed by atoms with E-state index in [1.54, 1.807) is 19.2 Å². The molecule has 0 amide bonds. The Balaban J connectivity index is 1.84. The Hall–Kier alpha value is -2.60. The first-order valence-electron chi connectivity index (χ1n) is 9.61. The zero-order valence-electron chi connectivity index (χ0n) is 17.0. The van der Waals surface area contributed by atoms with Gasteiger partial charge in [0.15, 0.2) is 23.0 Å². The number of benzene rings is 2. The molecule has 3 rings (SSSR count). The lowest BCUT2D eigenvalue weighted by Crippen LogP contribution is -2.32. The number of aromatic hydroxyl groups is 2.